The summed E-state index contributed by atoms with van der Waals surface area (Å²) >= 11 is 0. The van der Waals surface area contributed by atoms with E-state index in [-0.39, 0.29) is 0 Å². The number of aryl methyl sites for hydroxylation is 1. The topological polar surface area (TPSA) is 42.7 Å². The van der Waals surface area contributed by atoms with Gasteiger partial charge in [-0.05, 0) is 36.9 Å². The Morgan fingerprint density at radius 2 is 2.11 bits per heavy atom. The van der Waals surface area contributed by atoms with Gasteiger partial charge in [-0.25, -0.2) is 4.98 Å². The van der Waals surface area contributed by atoms with E-state index < -0.39 is 0 Å². The van der Waals surface area contributed by atoms with Crippen molar-refractivity contribution in [3.8, 4) is 11.5 Å². The lowest BCUT2D eigenvalue weighted by Crippen LogP contribution is -2.04. The molecule has 0 radical (unpaired) electrons. The number of aromatic nitrogens is 3. The summed E-state index contributed by atoms with van der Waals surface area (Å²) in [6, 6.07) is 12.2. The largest absolute Gasteiger partial charge is 0.326 e. The van der Waals surface area contributed by atoms with Crippen molar-refractivity contribution in [1.29, 1.82) is 0 Å². The lowest BCUT2D eigenvalue weighted by Gasteiger charge is -2.03. The number of hydrogen-bond donors (Lipinski definition) is 1. The van der Waals surface area contributed by atoms with Crippen LogP contribution in [0.25, 0.3) is 22.6 Å². The Balaban J connectivity index is 2.15. The Labute approximate surface area is 112 Å². The Hall–Kier alpha value is -2.20. The lowest BCUT2D eigenvalue weighted by molar-refractivity contribution is 0.818. The molecule has 1 N–H and O–H groups in total. The summed E-state index contributed by atoms with van der Waals surface area (Å²) in [7, 11) is 3.98. The number of rotatable bonds is 3. The summed E-state index contributed by atoms with van der Waals surface area (Å²) in [5.74, 6) is 0.900. The second-order valence-electron chi connectivity index (χ2n) is 4.56. The molecule has 0 atom stereocenters. The molecule has 0 aliphatic heterocycles. The van der Waals surface area contributed by atoms with Gasteiger partial charge in [0.1, 0.15) is 5.69 Å². The molecule has 0 saturated carbocycles. The highest BCUT2D eigenvalue weighted by Gasteiger charge is 2.10. The van der Waals surface area contributed by atoms with Gasteiger partial charge in [0.2, 0.25) is 0 Å². The maximum Gasteiger partial charge on any atom is 0.159 e. The number of benzene rings is 1. The van der Waals surface area contributed by atoms with Crippen LogP contribution in [0.3, 0.4) is 0 Å². The van der Waals surface area contributed by atoms with E-state index in [0.29, 0.717) is 0 Å². The molecule has 2 heterocycles. The molecule has 0 amide bonds. The average molecular weight is 252 g/mol. The van der Waals surface area contributed by atoms with E-state index >= 15 is 0 Å². The van der Waals surface area contributed by atoms with Gasteiger partial charge in [-0.3, -0.25) is 4.98 Å². The Morgan fingerprint density at radius 1 is 1.21 bits per heavy atom. The highest BCUT2D eigenvalue weighted by molar-refractivity contribution is 5.80. The SMILES string of the molecule is CNCc1ccc2nc(-c3ccccn3)n(C)c2c1. The minimum Gasteiger partial charge on any atom is -0.326 e. The Morgan fingerprint density at radius 3 is 2.84 bits per heavy atom. The van der Waals surface area contributed by atoms with Gasteiger partial charge in [0, 0.05) is 19.8 Å². The van der Waals surface area contributed by atoms with Crippen LogP contribution in [0.1, 0.15) is 5.56 Å². The van der Waals surface area contributed by atoms with Crippen molar-refractivity contribution in [3.63, 3.8) is 0 Å². The number of nitrogens with zero attached hydrogens (tertiary/aromatic N) is 3. The van der Waals surface area contributed by atoms with Crippen LogP contribution >= 0.6 is 0 Å². The molecule has 1 aromatic carbocycles. The first-order chi connectivity index (χ1) is 9.29. The summed E-state index contributed by atoms with van der Waals surface area (Å²) in [6.45, 7) is 0.861. The maximum absolute atomic E-state index is 4.66. The van der Waals surface area contributed by atoms with Gasteiger partial charge in [0.25, 0.3) is 0 Å². The third kappa shape index (κ3) is 2.11. The van der Waals surface area contributed by atoms with Crippen molar-refractivity contribution < 1.29 is 0 Å². The fourth-order valence-corrected chi connectivity index (χ4v) is 2.27. The normalized spacial score (nSPS) is 11.1. The van der Waals surface area contributed by atoms with E-state index in [9.17, 15) is 0 Å². The Kier molecular flexibility index (Phi) is 3.01. The zero-order chi connectivity index (χ0) is 13.2. The van der Waals surface area contributed by atoms with E-state index in [1.54, 1.807) is 6.20 Å². The molecule has 4 nitrogen and oxygen atoms in total. The van der Waals surface area contributed by atoms with Crippen LogP contribution in [-0.4, -0.2) is 21.6 Å². The molecule has 96 valence electrons. The molecule has 0 spiro atoms. The van der Waals surface area contributed by atoms with Crippen molar-refractivity contribution in [2.24, 2.45) is 7.05 Å². The monoisotopic (exact) mass is 252 g/mol. The first-order valence-electron chi connectivity index (χ1n) is 6.31. The summed E-state index contributed by atoms with van der Waals surface area (Å²) < 4.78 is 2.09. The average Bonchev–Trinajstić information content (AvgIpc) is 2.78. The second kappa shape index (κ2) is 4.82. The third-order valence-electron chi connectivity index (χ3n) is 3.22. The summed E-state index contributed by atoms with van der Waals surface area (Å²) in [4.78, 5) is 9.03. The molecule has 0 fully saturated rings. The van der Waals surface area contributed by atoms with Crippen LogP contribution in [-0.2, 0) is 13.6 Å². The number of nitrogens with one attached hydrogen (secondary N) is 1. The highest BCUT2D eigenvalue weighted by atomic mass is 15.1. The number of imidazole rings is 1. The van der Waals surface area contributed by atoms with E-state index in [1.807, 2.05) is 32.3 Å². The van der Waals surface area contributed by atoms with Gasteiger partial charge in [0.15, 0.2) is 5.82 Å². The van der Waals surface area contributed by atoms with Crippen molar-refractivity contribution in [3.05, 3.63) is 48.2 Å². The van der Waals surface area contributed by atoms with Gasteiger partial charge in [-0.1, -0.05) is 12.1 Å². The number of hydrogen-bond acceptors (Lipinski definition) is 3. The molecule has 0 aliphatic carbocycles. The predicted molar refractivity (Wildman–Crippen MR) is 76.7 cm³/mol. The van der Waals surface area contributed by atoms with Gasteiger partial charge in [-0.15, -0.1) is 0 Å². The molecule has 3 aromatic rings. The quantitative estimate of drug-likeness (QED) is 0.778. The summed E-state index contributed by atoms with van der Waals surface area (Å²) in [5.41, 5.74) is 4.29. The molecule has 4 heteroatoms. The lowest BCUT2D eigenvalue weighted by atomic mass is 10.2. The van der Waals surface area contributed by atoms with Gasteiger partial charge >= 0.3 is 0 Å². The zero-order valence-electron chi connectivity index (χ0n) is 11.1. The molecule has 19 heavy (non-hydrogen) atoms. The minimum atomic E-state index is 0.861. The van der Waals surface area contributed by atoms with Gasteiger partial charge in [0.05, 0.1) is 11.0 Å². The molecular weight excluding hydrogens is 236 g/mol. The first-order valence-corrected chi connectivity index (χ1v) is 6.31. The van der Waals surface area contributed by atoms with Gasteiger partial charge in [-0.2, -0.15) is 0 Å². The van der Waals surface area contributed by atoms with Crippen molar-refractivity contribution in [2.45, 2.75) is 6.54 Å². The van der Waals surface area contributed by atoms with Crippen LogP contribution in [0, 0.1) is 0 Å². The molecule has 2 aromatic heterocycles. The molecular formula is C15H16N4. The standard InChI is InChI=1S/C15H16N4/c1-16-10-11-6-7-12-14(9-11)19(2)15(18-12)13-5-3-4-8-17-13/h3-9,16H,10H2,1-2H3. The van der Waals surface area contributed by atoms with Gasteiger partial charge < -0.3 is 9.88 Å². The van der Waals surface area contributed by atoms with Crippen molar-refractivity contribution >= 4 is 11.0 Å². The smallest absolute Gasteiger partial charge is 0.159 e. The van der Waals surface area contributed by atoms with E-state index in [0.717, 1.165) is 29.1 Å². The van der Waals surface area contributed by atoms with Crippen LogP contribution in [0.2, 0.25) is 0 Å². The fourth-order valence-electron chi connectivity index (χ4n) is 2.27. The van der Waals surface area contributed by atoms with Crippen LogP contribution in [0.5, 0.6) is 0 Å². The summed E-state index contributed by atoms with van der Waals surface area (Å²) in [6.07, 6.45) is 1.79. The van der Waals surface area contributed by atoms with Crippen LogP contribution in [0.4, 0.5) is 0 Å². The molecule has 0 unspecified atom stereocenters. The van der Waals surface area contributed by atoms with Crippen molar-refractivity contribution in [1.82, 2.24) is 19.9 Å². The zero-order valence-corrected chi connectivity index (χ0v) is 11.1. The van der Waals surface area contributed by atoms with E-state index in [4.69, 9.17) is 0 Å². The fraction of sp³-hybridized carbons (Fsp3) is 0.200. The van der Waals surface area contributed by atoms with Crippen LogP contribution in [0.15, 0.2) is 42.6 Å². The highest BCUT2D eigenvalue weighted by Crippen LogP contribution is 2.22. The molecule has 0 aliphatic rings. The number of pyridine rings is 1. The molecule has 3 rings (SSSR count). The first kappa shape index (κ1) is 11.9. The number of fused-ring (bicyclic) bond motifs is 1. The van der Waals surface area contributed by atoms with Crippen molar-refractivity contribution in [2.75, 3.05) is 7.05 Å². The minimum absolute atomic E-state index is 0.861. The second-order valence-corrected chi connectivity index (χ2v) is 4.56. The maximum atomic E-state index is 4.66. The summed E-state index contributed by atoms with van der Waals surface area (Å²) in [5, 5.41) is 3.16. The van der Waals surface area contributed by atoms with E-state index in [2.05, 4.69) is 38.1 Å². The molecule has 0 saturated heterocycles. The predicted octanol–water partition coefficient (Wildman–Crippen LogP) is 2.35. The van der Waals surface area contributed by atoms with Crippen LogP contribution < -0.4 is 5.32 Å². The Bertz CT molecular complexity index is 701. The molecule has 0 bridgehead atoms. The third-order valence-corrected chi connectivity index (χ3v) is 3.22. The van der Waals surface area contributed by atoms with E-state index in [1.165, 1.54) is 5.56 Å².